The van der Waals surface area contributed by atoms with E-state index in [1.165, 1.54) is 23.3 Å². The number of esters is 1. The van der Waals surface area contributed by atoms with Gasteiger partial charge in [0.15, 0.2) is 5.43 Å². The Morgan fingerprint density at radius 1 is 1.15 bits per heavy atom. The fourth-order valence-electron chi connectivity index (χ4n) is 3.91. The van der Waals surface area contributed by atoms with Gasteiger partial charge in [0.1, 0.15) is 10.6 Å². The van der Waals surface area contributed by atoms with E-state index in [9.17, 15) is 14.4 Å². The number of ether oxygens (including phenoxy) is 1. The van der Waals surface area contributed by atoms with Gasteiger partial charge in [-0.05, 0) is 49.2 Å². The van der Waals surface area contributed by atoms with Gasteiger partial charge in [-0.15, -0.1) is 10.2 Å². The second-order valence-corrected chi connectivity index (χ2v) is 9.13. The van der Waals surface area contributed by atoms with Crippen LogP contribution >= 0.6 is 22.9 Å². The predicted octanol–water partition coefficient (Wildman–Crippen LogP) is 4.45. The molecule has 0 aliphatic carbocycles. The number of hydrogen-bond acceptors (Lipinski definition) is 8. The van der Waals surface area contributed by atoms with Crippen molar-refractivity contribution in [1.82, 2.24) is 10.2 Å². The van der Waals surface area contributed by atoms with Crippen LogP contribution in [0.3, 0.4) is 0 Å². The maximum Gasteiger partial charge on any atom is 0.337 e. The zero-order valence-electron chi connectivity index (χ0n) is 17.7. The molecule has 1 aliphatic heterocycles. The number of amides is 1. The summed E-state index contributed by atoms with van der Waals surface area (Å²) < 4.78 is 10.7. The minimum atomic E-state index is -0.813. The molecule has 0 fully saturated rings. The normalized spacial score (nSPS) is 15.2. The third-order valence-electron chi connectivity index (χ3n) is 5.52. The first-order chi connectivity index (χ1) is 15.8. The zero-order valence-corrected chi connectivity index (χ0v) is 19.3. The van der Waals surface area contributed by atoms with Crippen LogP contribution in [0.5, 0.6) is 0 Å². The smallest absolute Gasteiger partial charge is 0.337 e. The van der Waals surface area contributed by atoms with Crippen LogP contribution in [0.1, 0.15) is 48.7 Å². The standard InChI is InChI=1S/C23H16ClN3O5S/c1-10-8-16-14(9-15(10)24)19(28)17-18(12-4-6-13(7-5-12)22(30)31-3)27(21(29)20(17)32-16)23-26-25-11(2)33-23/h4-9,18H,1-3H3. The van der Waals surface area contributed by atoms with Gasteiger partial charge in [-0.25, -0.2) is 4.79 Å². The summed E-state index contributed by atoms with van der Waals surface area (Å²) in [6.45, 7) is 3.57. The van der Waals surface area contributed by atoms with Crippen LogP contribution in [0.4, 0.5) is 5.13 Å². The van der Waals surface area contributed by atoms with Crippen molar-refractivity contribution in [1.29, 1.82) is 0 Å². The van der Waals surface area contributed by atoms with Crippen LogP contribution in [-0.4, -0.2) is 29.2 Å². The number of anilines is 1. The molecule has 0 N–H and O–H groups in total. The van der Waals surface area contributed by atoms with Crippen molar-refractivity contribution in [3.05, 3.63) is 84.7 Å². The lowest BCUT2D eigenvalue weighted by Crippen LogP contribution is -2.29. The van der Waals surface area contributed by atoms with Crippen molar-refractivity contribution >= 4 is 50.9 Å². The molecule has 5 rings (SSSR count). The van der Waals surface area contributed by atoms with Gasteiger partial charge in [-0.2, -0.15) is 0 Å². The van der Waals surface area contributed by atoms with E-state index in [0.29, 0.717) is 26.3 Å². The van der Waals surface area contributed by atoms with Crippen molar-refractivity contribution < 1.29 is 18.7 Å². The molecule has 8 nitrogen and oxygen atoms in total. The molecule has 0 bridgehead atoms. The molecule has 1 aliphatic rings. The molecule has 2 aromatic carbocycles. The van der Waals surface area contributed by atoms with Gasteiger partial charge in [-0.3, -0.25) is 14.5 Å². The third-order valence-corrected chi connectivity index (χ3v) is 6.77. The quantitative estimate of drug-likeness (QED) is 0.398. The lowest BCUT2D eigenvalue weighted by atomic mass is 9.97. The second-order valence-electron chi connectivity index (χ2n) is 7.57. The van der Waals surface area contributed by atoms with Gasteiger partial charge in [0.25, 0.3) is 5.91 Å². The Labute approximate surface area is 196 Å². The van der Waals surface area contributed by atoms with E-state index in [1.807, 2.05) is 0 Å². The number of hydrogen-bond donors (Lipinski definition) is 0. The van der Waals surface area contributed by atoms with Gasteiger partial charge in [0.2, 0.25) is 10.9 Å². The van der Waals surface area contributed by atoms with Crippen LogP contribution < -0.4 is 10.3 Å². The van der Waals surface area contributed by atoms with E-state index in [4.69, 9.17) is 20.8 Å². The van der Waals surface area contributed by atoms with Crippen molar-refractivity contribution in [2.45, 2.75) is 19.9 Å². The highest BCUT2D eigenvalue weighted by Gasteiger charge is 2.45. The zero-order chi connectivity index (χ0) is 23.4. The summed E-state index contributed by atoms with van der Waals surface area (Å²) in [5, 5.41) is 9.86. The molecular formula is C23H16ClN3O5S. The van der Waals surface area contributed by atoms with Crippen molar-refractivity contribution in [2.75, 3.05) is 12.0 Å². The SMILES string of the molecule is COC(=O)c1ccc(C2c3c(oc4cc(C)c(Cl)cc4c3=O)C(=O)N2c2nnc(C)s2)cc1. The highest BCUT2D eigenvalue weighted by Crippen LogP contribution is 2.42. The first kappa shape index (κ1) is 21.3. The van der Waals surface area contributed by atoms with Crippen LogP contribution in [0, 0.1) is 13.8 Å². The molecule has 0 spiro atoms. The summed E-state index contributed by atoms with van der Waals surface area (Å²) in [7, 11) is 1.30. The Kier molecular flexibility index (Phi) is 5.02. The van der Waals surface area contributed by atoms with Crippen molar-refractivity contribution in [2.24, 2.45) is 0 Å². The maximum absolute atomic E-state index is 13.6. The van der Waals surface area contributed by atoms with Crippen LogP contribution in [0.2, 0.25) is 5.02 Å². The lowest BCUT2D eigenvalue weighted by molar-refractivity contribution is 0.0600. The fourth-order valence-corrected chi connectivity index (χ4v) is 4.79. The van der Waals surface area contributed by atoms with E-state index in [1.54, 1.807) is 50.2 Å². The highest BCUT2D eigenvalue weighted by molar-refractivity contribution is 7.15. The molecular weight excluding hydrogens is 466 g/mol. The summed E-state index contributed by atoms with van der Waals surface area (Å²) in [4.78, 5) is 40.4. The van der Waals surface area contributed by atoms with Gasteiger partial charge in [0, 0.05) is 5.02 Å². The first-order valence-corrected chi connectivity index (χ1v) is 11.1. The summed E-state index contributed by atoms with van der Waals surface area (Å²) in [5.74, 6) is -1.03. The van der Waals surface area contributed by atoms with Crippen molar-refractivity contribution in [3.8, 4) is 0 Å². The summed E-state index contributed by atoms with van der Waals surface area (Å²) in [6.07, 6.45) is 0. The second kappa shape index (κ2) is 7.79. The van der Waals surface area contributed by atoms with E-state index < -0.39 is 17.9 Å². The monoisotopic (exact) mass is 481 g/mol. The van der Waals surface area contributed by atoms with Gasteiger partial charge >= 0.3 is 5.97 Å². The summed E-state index contributed by atoms with van der Waals surface area (Å²) >= 11 is 7.49. The number of fused-ring (bicyclic) bond motifs is 2. The Morgan fingerprint density at radius 2 is 1.88 bits per heavy atom. The maximum atomic E-state index is 13.6. The topological polar surface area (TPSA) is 103 Å². The van der Waals surface area contributed by atoms with E-state index in [0.717, 1.165) is 5.56 Å². The Balaban J connectivity index is 1.77. The molecule has 1 amide bonds. The van der Waals surface area contributed by atoms with Gasteiger partial charge in [0.05, 0.1) is 29.7 Å². The highest BCUT2D eigenvalue weighted by atomic mass is 35.5. The molecule has 0 saturated heterocycles. The van der Waals surface area contributed by atoms with Crippen LogP contribution in [-0.2, 0) is 4.74 Å². The molecule has 1 unspecified atom stereocenters. The van der Waals surface area contributed by atoms with Crippen molar-refractivity contribution in [3.63, 3.8) is 0 Å². The number of halogens is 1. The summed E-state index contributed by atoms with van der Waals surface area (Å²) in [6, 6.07) is 8.89. The molecule has 2 aromatic heterocycles. The molecule has 1 atom stereocenters. The molecule has 0 radical (unpaired) electrons. The predicted molar refractivity (Wildman–Crippen MR) is 123 cm³/mol. The van der Waals surface area contributed by atoms with E-state index >= 15 is 0 Å². The number of aryl methyl sites for hydroxylation is 2. The number of aromatic nitrogens is 2. The molecule has 33 heavy (non-hydrogen) atoms. The number of carbonyl (C=O) groups is 2. The number of rotatable bonds is 3. The Hall–Kier alpha value is -3.56. The minimum absolute atomic E-state index is 0.0517. The lowest BCUT2D eigenvalue weighted by Gasteiger charge is -2.22. The fraction of sp³-hybridized carbons (Fsp3) is 0.174. The largest absolute Gasteiger partial charge is 0.465 e. The molecule has 0 saturated carbocycles. The Bertz CT molecular complexity index is 1510. The van der Waals surface area contributed by atoms with Crippen LogP contribution in [0.25, 0.3) is 11.0 Å². The van der Waals surface area contributed by atoms with Gasteiger partial charge in [-0.1, -0.05) is 35.1 Å². The van der Waals surface area contributed by atoms with Crippen LogP contribution in [0.15, 0.2) is 45.6 Å². The number of carbonyl (C=O) groups excluding carboxylic acids is 2. The third kappa shape index (κ3) is 3.32. The van der Waals surface area contributed by atoms with E-state index in [2.05, 4.69) is 10.2 Å². The van der Waals surface area contributed by atoms with E-state index in [-0.39, 0.29) is 27.7 Å². The molecule has 3 heterocycles. The number of benzene rings is 2. The molecule has 4 aromatic rings. The average molecular weight is 482 g/mol. The van der Waals surface area contributed by atoms with Gasteiger partial charge < -0.3 is 9.15 Å². The Morgan fingerprint density at radius 3 is 2.52 bits per heavy atom. The minimum Gasteiger partial charge on any atom is -0.465 e. The molecule has 166 valence electrons. The average Bonchev–Trinajstić information content (AvgIpc) is 3.36. The first-order valence-electron chi connectivity index (χ1n) is 9.89. The number of methoxy groups -OCH3 is 1. The number of nitrogens with zero attached hydrogens (tertiary/aromatic N) is 3. The molecule has 10 heteroatoms. The summed E-state index contributed by atoms with van der Waals surface area (Å²) in [5.41, 5.74) is 1.79.